The number of carbonyl (C=O) groups is 1. The van der Waals surface area contributed by atoms with Gasteiger partial charge in [0.05, 0.1) is 0 Å². The van der Waals surface area contributed by atoms with Gasteiger partial charge < -0.3 is 20.4 Å². The first kappa shape index (κ1) is 15.6. The van der Waals surface area contributed by atoms with Gasteiger partial charge in [-0.05, 0) is 38.8 Å². The van der Waals surface area contributed by atoms with Crippen molar-refractivity contribution in [2.45, 2.75) is 25.7 Å². The predicted molar refractivity (Wildman–Crippen MR) is 87.8 cm³/mol. The first-order chi connectivity index (χ1) is 10.6. The highest BCUT2D eigenvalue weighted by atomic mass is 16.1. The van der Waals surface area contributed by atoms with Crippen LogP contribution in [0, 0.1) is 11.3 Å². The number of likely N-dealkylation sites (tertiary alicyclic amines) is 2. The van der Waals surface area contributed by atoms with Gasteiger partial charge in [0, 0.05) is 51.6 Å². The molecule has 0 aliphatic carbocycles. The van der Waals surface area contributed by atoms with Crippen LogP contribution in [0.4, 0.5) is 0 Å². The van der Waals surface area contributed by atoms with Crippen molar-refractivity contribution in [3.05, 3.63) is 0 Å². The Kier molecular flexibility index (Phi) is 4.57. The summed E-state index contributed by atoms with van der Waals surface area (Å²) in [5.41, 5.74) is 0.126. The maximum absolute atomic E-state index is 11.6. The Labute approximate surface area is 133 Å². The molecule has 0 aromatic heterocycles. The van der Waals surface area contributed by atoms with Crippen LogP contribution in [-0.4, -0.2) is 75.0 Å². The minimum Gasteiger partial charge on any atom is -0.356 e. The van der Waals surface area contributed by atoms with Gasteiger partial charge in [-0.1, -0.05) is 0 Å². The summed E-state index contributed by atoms with van der Waals surface area (Å²) in [6.45, 7) is 6.18. The standard InChI is InChI=1S/C16H29N5O/c1-17-15(18-9-13-4-7-20(2)10-13)21-6-3-5-16(12-21)8-14(22)19-11-16/h13H,3-12H2,1-2H3,(H,17,18)(H,19,22). The number of nitrogens with one attached hydrogen (secondary N) is 2. The van der Waals surface area contributed by atoms with E-state index in [2.05, 4.69) is 32.5 Å². The second kappa shape index (κ2) is 6.44. The summed E-state index contributed by atoms with van der Waals surface area (Å²) < 4.78 is 0. The molecule has 6 nitrogen and oxygen atoms in total. The van der Waals surface area contributed by atoms with Crippen molar-refractivity contribution < 1.29 is 4.79 Å². The predicted octanol–water partition coefficient (Wildman–Crippen LogP) is 0.116. The second-order valence-corrected chi connectivity index (χ2v) is 7.32. The molecule has 3 aliphatic rings. The number of guanidine groups is 1. The third-order valence-corrected chi connectivity index (χ3v) is 5.41. The van der Waals surface area contributed by atoms with E-state index in [0.717, 1.165) is 50.9 Å². The normalized spacial score (nSPS) is 33.5. The Morgan fingerprint density at radius 2 is 2.36 bits per heavy atom. The average Bonchev–Trinajstić information content (AvgIpc) is 3.06. The van der Waals surface area contributed by atoms with E-state index in [9.17, 15) is 4.79 Å². The molecule has 1 spiro atoms. The fourth-order valence-corrected chi connectivity index (χ4v) is 4.19. The molecule has 0 saturated carbocycles. The molecule has 3 aliphatic heterocycles. The lowest BCUT2D eigenvalue weighted by Gasteiger charge is -2.41. The number of hydrogen-bond acceptors (Lipinski definition) is 3. The van der Waals surface area contributed by atoms with Gasteiger partial charge >= 0.3 is 0 Å². The van der Waals surface area contributed by atoms with E-state index in [0.29, 0.717) is 6.42 Å². The van der Waals surface area contributed by atoms with E-state index in [1.807, 2.05) is 7.05 Å². The third kappa shape index (κ3) is 3.37. The monoisotopic (exact) mass is 307 g/mol. The maximum Gasteiger partial charge on any atom is 0.220 e. The van der Waals surface area contributed by atoms with Gasteiger partial charge in [0.1, 0.15) is 0 Å². The zero-order chi connectivity index (χ0) is 15.6. The summed E-state index contributed by atoms with van der Waals surface area (Å²) in [7, 11) is 4.05. The molecule has 3 saturated heterocycles. The second-order valence-electron chi connectivity index (χ2n) is 7.32. The molecule has 0 bridgehead atoms. The van der Waals surface area contributed by atoms with E-state index in [1.54, 1.807) is 0 Å². The molecule has 3 fully saturated rings. The van der Waals surface area contributed by atoms with Crippen molar-refractivity contribution in [1.29, 1.82) is 0 Å². The zero-order valence-corrected chi connectivity index (χ0v) is 13.9. The van der Waals surface area contributed by atoms with E-state index in [-0.39, 0.29) is 11.3 Å². The van der Waals surface area contributed by atoms with Crippen LogP contribution in [0.5, 0.6) is 0 Å². The Morgan fingerprint density at radius 3 is 3.00 bits per heavy atom. The summed E-state index contributed by atoms with van der Waals surface area (Å²) in [6, 6.07) is 0. The molecule has 2 N–H and O–H groups in total. The van der Waals surface area contributed by atoms with Crippen LogP contribution in [0.2, 0.25) is 0 Å². The number of carbonyl (C=O) groups excluding carboxylic acids is 1. The summed E-state index contributed by atoms with van der Waals surface area (Å²) in [5.74, 6) is 1.93. The number of rotatable bonds is 2. The van der Waals surface area contributed by atoms with Gasteiger partial charge in [0.25, 0.3) is 0 Å². The van der Waals surface area contributed by atoms with E-state index < -0.39 is 0 Å². The lowest BCUT2D eigenvalue weighted by Crippen LogP contribution is -2.52. The smallest absolute Gasteiger partial charge is 0.220 e. The Morgan fingerprint density at radius 1 is 1.50 bits per heavy atom. The first-order valence-electron chi connectivity index (χ1n) is 8.51. The summed E-state index contributed by atoms with van der Waals surface area (Å²) >= 11 is 0. The van der Waals surface area contributed by atoms with Crippen molar-refractivity contribution in [1.82, 2.24) is 20.4 Å². The SMILES string of the molecule is CN=C(NCC1CCN(C)C1)N1CCCC2(CNC(=O)C2)C1. The van der Waals surface area contributed by atoms with Crippen LogP contribution in [-0.2, 0) is 4.79 Å². The molecule has 1 amide bonds. The molecule has 0 radical (unpaired) electrons. The molecule has 3 rings (SSSR count). The largest absolute Gasteiger partial charge is 0.356 e. The number of piperidine rings is 1. The molecule has 22 heavy (non-hydrogen) atoms. The van der Waals surface area contributed by atoms with Crippen LogP contribution in [0.1, 0.15) is 25.7 Å². The lowest BCUT2D eigenvalue weighted by atomic mass is 9.79. The summed E-state index contributed by atoms with van der Waals surface area (Å²) in [6.07, 6.45) is 4.23. The highest BCUT2D eigenvalue weighted by molar-refractivity contribution is 5.81. The van der Waals surface area contributed by atoms with Crippen molar-refractivity contribution in [2.24, 2.45) is 16.3 Å². The Hall–Kier alpha value is -1.30. The van der Waals surface area contributed by atoms with Gasteiger partial charge in [-0.15, -0.1) is 0 Å². The van der Waals surface area contributed by atoms with Crippen molar-refractivity contribution in [3.63, 3.8) is 0 Å². The Balaban J connectivity index is 1.55. The van der Waals surface area contributed by atoms with Gasteiger partial charge in [0.15, 0.2) is 5.96 Å². The molecule has 124 valence electrons. The Bertz CT molecular complexity index is 452. The zero-order valence-electron chi connectivity index (χ0n) is 13.9. The minimum absolute atomic E-state index is 0.126. The van der Waals surface area contributed by atoms with Gasteiger partial charge in [-0.3, -0.25) is 9.79 Å². The number of nitrogens with zero attached hydrogens (tertiary/aromatic N) is 3. The third-order valence-electron chi connectivity index (χ3n) is 5.41. The van der Waals surface area contributed by atoms with E-state index in [1.165, 1.54) is 19.5 Å². The lowest BCUT2D eigenvalue weighted by molar-refractivity contribution is -0.119. The topological polar surface area (TPSA) is 60.0 Å². The average molecular weight is 307 g/mol. The van der Waals surface area contributed by atoms with E-state index >= 15 is 0 Å². The first-order valence-corrected chi connectivity index (χ1v) is 8.51. The number of amides is 1. The molecule has 0 aromatic rings. The molecular formula is C16H29N5O. The van der Waals surface area contributed by atoms with Crippen LogP contribution in [0.3, 0.4) is 0 Å². The van der Waals surface area contributed by atoms with E-state index in [4.69, 9.17) is 0 Å². The van der Waals surface area contributed by atoms with Crippen molar-refractivity contribution in [3.8, 4) is 0 Å². The molecule has 2 atom stereocenters. The van der Waals surface area contributed by atoms with Gasteiger partial charge in [-0.2, -0.15) is 0 Å². The van der Waals surface area contributed by atoms with Crippen molar-refractivity contribution >= 4 is 11.9 Å². The number of aliphatic imine (C=N–C) groups is 1. The van der Waals surface area contributed by atoms with Gasteiger partial charge in [-0.25, -0.2) is 0 Å². The maximum atomic E-state index is 11.6. The van der Waals surface area contributed by atoms with Crippen molar-refractivity contribution in [2.75, 3.05) is 53.4 Å². The highest BCUT2D eigenvalue weighted by Gasteiger charge is 2.42. The molecular weight excluding hydrogens is 278 g/mol. The van der Waals surface area contributed by atoms with Crippen LogP contribution < -0.4 is 10.6 Å². The van der Waals surface area contributed by atoms with Crippen LogP contribution in [0.25, 0.3) is 0 Å². The highest BCUT2D eigenvalue weighted by Crippen LogP contribution is 2.35. The fraction of sp³-hybridized carbons (Fsp3) is 0.875. The van der Waals surface area contributed by atoms with Crippen LogP contribution >= 0.6 is 0 Å². The van der Waals surface area contributed by atoms with Gasteiger partial charge in [0.2, 0.25) is 5.91 Å². The summed E-state index contributed by atoms with van der Waals surface area (Å²) in [5, 5.41) is 6.57. The molecule has 3 heterocycles. The molecule has 2 unspecified atom stereocenters. The quantitative estimate of drug-likeness (QED) is 0.562. The molecule has 0 aromatic carbocycles. The minimum atomic E-state index is 0.126. The summed E-state index contributed by atoms with van der Waals surface area (Å²) in [4.78, 5) is 20.8. The van der Waals surface area contributed by atoms with Crippen LogP contribution in [0.15, 0.2) is 4.99 Å². The number of hydrogen-bond donors (Lipinski definition) is 2. The molecule has 6 heteroatoms. The fourth-order valence-electron chi connectivity index (χ4n) is 4.19.